The molecule has 5 aromatic heterocycles. The molecule has 0 amide bonds. The fourth-order valence-corrected chi connectivity index (χ4v) is 6.06. The summed E-state index contributed by atoms with van der Waals surface area (Å²) in [4.78, 5) is 9.61. The third-order valence-corrected chi connectivity index (χ3v) is 8.20. The van der Waals surface area contributed by atoms with Crippen LogP contribution in [0.3, 0.4) is 0 Å². The first-order chi connectivity index (χ1) is 21.8. The van der Waals surface area contributed by atoms with E-state index in [-0.39, 0.29) is 0 Å². The molecule has 44 heavy (non-hydrogen) atoms. The van der Waals surface area contributed by atoms with Gasteiger partial charge in [0.05, 0.1) is 47.5 Å². The minimum absolute atomic E-state index is 0.593. The second kappa shape index (κ2) is 9.71. The molecule has 0 N–H and O–H groups in total. The molecule has 9 aromatic rings. The summed E-state index contributed by atoms with van der Waals surface area (Å²) in [5.41, 5.74) is 11.6. The lowest BCUT2D eigenvalue weighted by atomic mass is 10.0. The molecule has 208 valence electrons. The average Bonchev–Trinajstić information content (AvgIpc) is 3.90. The van der Waals surface area contributed by atoms with E-state index in [9.17, 15) is 0 Å². The minimum atomic E-state index is 0.593. The zero-order valence-corrected chi connectivity index (χ0v) is 23.3. The summed E-state index contributed by atoms with van der Waals surface area (Å²) >= 11 is 0. The highest BCUT2D eigenvalue weighted by molar-refractivity contribution is 6.10. The van der Waals surface area contributed by atoms with Crippen molar-refractivity contribution in [2.45, 2.75) is 0 Å². The van der Waals surface area contributed by atoms with Gasteiger partial charge in [0.1, 0.15) is 5.52 Å². The van der Waals surface area contributed by atoms with Gasteiger partial charge in [-0.1, -0.05) is 54.6 Å². The average molecular weight is 570 g/mol. The SMILES string of the molecule is c1ccc2oc(-c3ccc4c5ccccc5n(-c5cc(-c6ccc(-c7ccoc7)cn6)ccc5-c5ccoc5)c4c3)nc2c1. The van der Waals surface area contributed by atoms with Crippen LogP contribution in [0, 0.1) is 0 Å². The highest BCUT2D eigenvalue weighted by Gasteiger charge is 2.19. The smallest absolute Gasteiger partial charge is 0.227 e. The number of nitrogens with zero attached hydrogens (tertiary/aromatic N) is 3. The summed E-state index contributed by atoms with van der Waals surface area (Å²) in [5, 5.41) is 2.31. The number of fused-ring (bicyclic) bond motifs is 4. The molecule has 0 fully saturated rings. The van der Waals surface area contributed by atoms with Crippen LogP contribution in [0.4, 0.5) is 0 Å². The molecule has 5 heterocycles. The predicted octanol–water partition coefficient (Wildman–Crippen LogP) is 10.2. The van der Waals surface area contributed by atoms with Crippen molar-refractivity contribution in [3.8, 4) is 50.7 Å². The topological polar surface area (TPSA) is 70.1 Å². The maximum Gasteiger partial charge on any atom is 0.227 e. The van der Waals surface area contributed by atoms with E-state index in [1.807, 2.05) is 42.6 Å². The number of oxazole rings is 1. The van der Waals surface area contributed by atoms with E-state index in [1.54, 1.807) is 25.1 Å². The van der Waals surface area contributed by atoms with Gasteiger partial charge in [-0.05, 0) is 54.6 Å². The quantitative estimate of drug-likeness (QED) is 0.206. The Morgan fingerprint density at radius 3 is 2.16 bits per heavy atom. The van der Waals surface area contributed by atoms with Gasteiger partial charge in [-0.15, -0.1) is 0 Å². The van der Waals surface area contributed by atoms with E-state index in [1.165, 1.54) is 0 Å². The maximum atomic E-state index is 6.17. The van der Waals surface area contributed by atoms with Gasteiger partial charge in [0, 0.05) is 50.4 Å². The van der Waals surface area contributed by atoms with Crippen LogP contribution in [0.25, 0.3) is 83.6 Å². The highest BCUT2D eigenvalue weighted by atomic mass is 16.3. The molecular weight excluding hydrogens is 546 g/mol. The van der Waals surface area contributed by atoms with Crippen LogP contribution in [-0.2, 0) is 0 Å². The van der Waals surface area contributed by atoms with Crippen LogP contribution in [-0.4, -0.2) is 14.5 Å². The van der Waals surface area contributed by atoms with Crippen LogP contribution in [0.1, 0.15) is 0 Å². The van der Waals surface area contributed by atoms with Gasteiger partial charge < -0.3 is 17.8 Å². The molecule has 6 nitrogen and oxygen atoms in total. The fourth-order valence-electron chi connectivity index (χ4n) is 6.06. The number of aromatic nitrogens is 3. The summed E-state index contributed by atoms with van der Waals surface area (Å²) < 4.78 is 19.3. The Labute approximate surface area is 251 Å². The van der Waals surface area contributed by atoms with Crippen LogP contribution >= 0.6 is 0 Å². The zero-order valence-electron chi connectivity index (χ0n) is 23.3. The number of pyridine rings is 1. The molecule has 0 aliphatic carbocycles. The van der Waals surface area contributed by atoms with Crippen LogP contribution < -0.4 is 0 Å². The van der Waals surface area contributed by atoms with E-state index in [0.717, 1.165) is 77.7 Å². The van der Waals surface area contributed by atoms with E-state index in [2.05, 4.69) is 77.4 Å². The number of rotatable bonds is 5. The molecular formula is C38H23N3O3. The Morgan fingerprint density at radius 2 is 1.34 bits per heavy atom. The summed E-state index contributed by atoms with van der Waals surface area (Å²) in [6.45, 7) is 0. The monoisotopic (exact) mass is 569 g/mol. The Balaban J connectivity index is 1.28. The van der Waals surface area contributed by atoms with Crippen LogP contribution in [0.5, 0.6) is 0 Å². The first-order valence-electron chi connectivity index (χ1n) is 14.4. The van der Waals surface area contributed by atoms with Gasteiger partial charge in [0.2, 0.25) is 5.89 Å². The molecule has 0 spiro atoms. The number of benzene rings is 4. The Kier molecular flexibility index (Phi) is 5.40. The molecule has 0 radical (unpaired) electrons. The second-order valence-electron chi connectivity index (χ2n) is 10.8. The number of hydrogen-bond acceptors (Lipinski definition) is 5. The Morgan fingerprint density at radius 1 is 0.568 bits per heavy atom. The molecule has 0 saturated heterocycles. The fraction of sp³-hybridized carbons (Fsp3) is 0. The summed E-state index contributed by atoms with van der Waals surface area (Å²) in [5.74, 6) is 0.593. The molecule has 0 unspecified atom stereocenters. The summed E-state index contributed by atoms with van der Waals surface area (Å²) in [6.07, 6.45) is 8.78. The van der Waals surface area contributed by atoms with Gasteiger partial charge in [-0.25, -0.2) is 4.98 Å². The van der Waals surface area contributed by atoms with Crippen LogP contribution in [0.2, 0.25) is 0 Å². The summed E-state index contributed by atoms with van der Waals surface area (Å²) in [7, 11) is 0. The number of hydrogen-bond donors (Lipinski definition) is 0. The maximum absolute atomic E-state index is 6.17. The second-order valence-corrected chi connectivity index (χ2v) is 10.8. The normalized spacial score (nSPS) is 11.6. The van der Waals surface area contributed by atoms with Crippen LogP contribution in [0.15, 0.2) is 154 Å². The van der Waals surface area contributed by atoms with E-state index >= 15 is 0 Å². The van der Waals surface area contributed by atoms with Crippen molar-refractivity contribution in [3.05, 3.63) is 140 Å². The molecule has 0 saturated carbocycles. The molecule has 4 aromatic carbocycles. The minimum Gasteiger partial charge on any atom is -0.472 e. The zero-order chi connectivity index (χ0) is 29.0. The van der Waals surface area contributed by atoms with Gasteiger partial charge in [-0.3, -0.25) is 4.98 Å². The first kappa shape index (κ1) is 24.5. The third-order valence-electron chi connectivity index (χ3n) is 8.20. The van der Waals surface area contributed by atoms with Crippen molar-refractivity contribution in [1.29, 1.82) is 0 Å². The van der Waals surface area contributed by atoms with Crippen molar-refractivity contribution < 1.29 is 13.3 Å². The van der Waals surface area contributed by atoms with E-state index < -0.39 is 0 Å². The third kappa shape index (κ3) is 3.89. The van der Waals surface area contributed by atoms with Crippen molar-refractivity contribution >= 4 is 32.9 Å². The standard InChI is InChI=1S/C38H23N3O3/c1-3-7-34-30(5-1)31-13-10-25(38-40-33-6-2-4-8-37(33)44-38)20-36(31)41(34)35-19-24(9-12-29(35)28-16-18-43-23-28)32-14-11-26(21-39-32)27-15-17-42-22-27/h1-23H. The lowest BCUT2D eigenvalue weighted by molar-refractivity contribution is 0.568. The summed E-state index contributed by atoms with van der Waals surface area (Å²) in [6, 6.07) is 37.3. The molecule has 0 atom stereocenters. The lowest BCUT2D eigenvalue weighted by Crippen LogP contribution is -1.98. The van der Waals surface area contributed by atoms with Crippen molar-refractivity contribution in [3.63, 3.8) is 0 Å². The molecule has 0 aliphatic heterocycles. The highest BCUT2D eigenvalue weighted by Crippen LogP contribution is 2.39. The molecule has 9 rings (SSSR count). The number of para-hydroxylation sites is 3. The molecule has 0 aliphatic rings. The first-order valence-corrected chi connectivity index (χ1v) is 14.4. The van der Waals surface area contributed by atoms with Gasteiger partial charge in [-0.2, -0.15) is 0 Å². The van der Waals surface area contributed by atoms with Gasteiger partial charge >= 0.3 is 0 Å². The molecule has 6 heteroatoms. The van der Waals surface area contributed by atoms with E-state index in [4.69, 9.17) is 23.2 Å². The predicted molar refractivity (Wildman–Crippen MR) is 172 cm³/mol. The number of furan rings is 2. The Bertz CT molecular complexity index is 2400. The van der Waals surface area contributed by atoms with Crippen molar-refractivity contribution in [2.24, 2.45) is 0 Å². The van der Waals surface area contributed by atoms with Crippen molar-refractivity contribution in [2.75, 3.05) is 0 Å². The van der Waals surface area contributed by atoms with Gasteiger partial charge in [0.15, 0.2) is 5.58 Å². The van der Waals surface area contributed by atoms with Crippen molar-refractivity contribution in [1.82, 2.24) is 14.5 Å². The largest absolute Gasteiger partial charge is 0.472 e. The Hall–Kier alpha value is -6.14. The lowest BCUT2D eigenvalue weighted by Gasteiger charge is -2.15. The van der Waals surface area contributed by atoms with Gasteiger partial charge in [0.25, 0.3) is 0 Å². The van der Waals surface area contributed by atoms with E-state index in [0.29, 0.717) is 5.89 Å². The molecule has 0 bridgehead atoms.